The van der Waals surface area contributed by atoms with E-state index in [-0.39, 0.29) is 24.7 Å². The van der Waals surface area contributed by atoms with E-state index in [2.05, 4.69) is 35.9 Å². The van der Waals surface area contributed by atoms with E-state index in [1.165, 1.54) is 18.0 Å². The number of aliphatic hydroxyl groups excluding tert-OH is 1. The van der Waals surface area contributed by atoms with Gasteiger partial charge in [0.05, 0.1) is 32.4 Å². The van der Waals surface area contributed by atoms with E-state index in [0.29, 0.717) is 51.1 Å². The number of amides is 6. The summed E-state index contributed by atoms with van der Waals surface area (Å²) < 4.78 is 22.9. The molecule has 9 N–H and O–H groups in total. The number of unbranched alkanes of at least 4 members (excludes halogenated alkanes) is 2. The molecule has 24 heteroatoms. The van der Waals surface area contributed by atoms with Crippen LogP contribution in [0.5, 0.6) is 5.75 Å². The normalized spacial score (nSPS) is 16.2. The molecule has 2 aromatic heterocycles. The standard InChI is InChI=1S/C43H62N9O13PS/c1-26(2)20-33(48-43(59)36-10-9-18-52(36)28(4)54)40(56)47-34(41(57)49-35(24-53)42(58)50-38(39(44)55)27(3)65-66(60,61)62)21-30-22-45-25-51(30)17-7-6-8-19-64-46-23-32-15-16-37(67-32)29-11-13-31(63-5)14-12-29/h11-16,22-23,25-27,33-36,38,53H,6-10,17-21,24H2,1-5H3,(H2,44,55)(H,47,56)(H,48,59)(H,49,57)(H,50,58)(H2,60,61,62)/b46-23+/t27-,33+,34+,35+,36+,38+/m1/s1. The summed E-state index contributed by atoms with van der Waals surface area (Å²) in [6.07, 6.45) is 6.22. The summed E-state index contributed by atoms with van der Waals surface area (Å²) in [5.74, 6) is -4.20. The summed E-state index contributed by atoms with van der Waals surface area (Å²) in [5, 5.41) is 24.3. The van der Waals surface area contributed by atoms with Crippen LogP contribution < -0.4 is 31.7 Å². The van der Waals surface area contributed by atoms with Crippen LogP contribution in [0, 0.1) is 5.92 Å². The Balaban J connectivity index is 1.43. The highest BCUT2D eigenvalue weighted by molar-refractivity contribution is 7.46. The van der Waals surface area contributed by atoms with Crippen LogP contribution in [-0.4, -0.2) is 134 Å². The summed E-state index contributed by atoms with van der Waals surface area (Å²) >= 11 is 1.58. The second kappa shape index (κ2) is 26.0. The van der Waals surface area contributed by atoms with Crippen molar-refractivity contribution in [1.29, 1.82) is 0 Å². The van der Waals surface area contributed by atoms with Crippen molar-refractivity contribution in [3.8, 4) is 16.2 Å². The van der Waals surface area contributed by atoms with Crippen LogP contribution in [0.2, 0.25) is 0 Å². The van der Waals surface area contributed by atoms with Gasteiger partial charge in [0.25, 0.3) is 0 Å². The summed E-state index contributed by atoms with van der Waals surface area (Å²) in [6.45, 7) is 6.34. The van der Waals surface area contributed by atoms with Gasteiger partial charge in [-0.3, -0.25) is 33.3 Å². The molecule has 0 radical (unpaired) electrons. The predicted octanol–water partition coefficient (Wildman–Crippen LogP) is 1.36. The molecule has 1 fully saturated rings. The lowest BCUT2D eigenvalue weighted by molar-refractivity contribution is -0.139. The van der Waals surface area contributed by atoms with E-state index in [1.54, 1.807) is 35.6 Å². The molecule has 1 saturated heterocycles. The van der Waals surface area contributed by atoms with Gasteiger partial charge in [-0.1, -0.05) is 19.0 Å². The minimum absolute atomic E-state index is 0.105. The molecule has 0 aliphatic carbocycles. The number of aromatic nitrogens is 2. The topological polar surface area (TPSA) is 315 Å². The highest BCUT2D eigenvalue weighted by Gasteiger charge is 2.37. The number of carbonyl (C=O) groups excluding carboxylic acids is 6. The zero-order chi connectivity index (χ0) is 49.3. The molecular weight excluding hydrogens is 914 g/mol. The third-order valence-electron chi connectivity index (χ3n) is 10.7. The molecular formula is C43H62N9O13PS. The van der Waals surface area contributed by atoms with Crippen molar-refractivity contribution in [1.82, 2.24) is 35.7 Å². The van der Waals surface area contributed by atoms with Crippen molar-refractivity contribution in [2.24, 2.45) is 16.8 Å². The third kappa shape index (κ3) is 17.2. The van der Waals surface area contributed by atoms with Crippen LogP contribution in [0.3, 0.4) is 0 Å². The zero-order valence-corrected chi connectivity index (χ0v) is 39.9. The second-order valence-electron chi connectivity index (χ2n) is 16.4. The molecule has 0 saturated carbocycles. The van der Waals surface area contributed by atoms with Gasteiger partial charge in [0.2, 0.25) is 35.4 Å². The number of ether oxygens (including phenoxy) is 1. The lowest BCUT2D eigenvalue weighted by Crippen LogP contribution is -2.61. The number of benzene rings is 1. The van der Waals surface area contributed by atoms with Gasteiger partial charge in [0, 0.05) is 48.1 Å². The number of carbonyl (C=O) groups is 6. The molecule has 0 unspecified atom stereocenters. The molecule has 3 heterocycles. The number of hydrogen-bond donors (Lipinski definition) is 8. The fourth-order valence-electron chi connectivity index (χ4n) is 7.31. The molecule has 0 bridgehead atoms. The summed E-state index contributed by atoms with van der Waals surface area (Å²) in [6, 6.07) is 4.87. The number of nitrogens with one attached hydrogen (secondary N) is 4. The van der Waals surface area contributed by atoms with Crippen LogP contribution in [0.25, 0.3) is 10.4 Å². The van der Waals surface area contributed by atoms with Gasteiger partial charge >= 0.3 is 7.82 Å². The number of methoxy groups -OCH3 is 1. The average molecular weight is 976 g/mol. The summed E-state index contributed by atoms with van der Waals surface area (Å²) in [5.41, 5.74) is 6.94. The lowest BCUT2D eigenvalue weighted by atomic mass is 10.0. The van der Waals surface area contributed by atoms with Crippen molar-refractivity contribution < 1.29 is 62.3 Å². The van der Waals surface area contributed by atoms with E-state index in [0.717, 1.165) is 34.4 Å². The van der Waals surface area contributed by atoms with E-state index in [4.69, 9.17) is 15.3 Å². The number of primary amides is 1. The highest BCUT2D eigenvalue weighted by Crippen LogP contribution is 2.38. The minimum atomic E-state index is -5.13. The number of aryl methyl sites for hydroxylation is 1. The van der Waals surface area contributed by atoms with E-state index in [1.807, 2.05) is 50.2 Å². The smallest absolute Gasteiger partial charge is 0.469 e. The number of nitrogens with two attached hydrogens (primary N) is 1. The van der Waals surface area contributed by atoms with Crippen LogP contribution in [0.4, 0.5) is 0 Å². The van der Waals surface area contributed by atoms with Gasteiger partial charge in [-0.05, 0) is 93.3 Å². The number of thiophene rings is 1. The number of oxime groups is 1. The fourth-order valence-corrected chi connectivity index (χ4v) is 8.75. The number of phosphoric ester groups is 1. The second-order valence-corrected chi connectivity index (χ2v) is 18.7. The SMILES string of the molecule is COc1ccc(-c2ccc(/C=N/OCCCCCn3cncc3C[C@H](NC(=O)[C@H](CC(C)C)NC(=O)[C@@H]3CCCN3C(C)=O)C(=O)N[C@@H](CO)C(=O)N[C@H](C(N)=O)[C@@H](C)OP(=O)(O)O)s2)cc1. The molecule has 4 rings (SSSR count). The first kappa shape index (κ1) is 53.9. The zero-order valence-electron chi connectivity index (χ0n) is 38.2. The number of likely N-dealkylation sites (tertiary alicyclic amines) is 1. The lowest BCUT2D eigenvalue weighted by Gasteiger charge is -2.28. The number of nitrogens with zero attached hydrogens (tertiary/aromatic N) is 4. The van der Waals surface area contributed by atoms with E-state index >= 15 is 0 Å². The molecule has 1 aliphatic rings. The number of rotatable bonds is 27. The molecule has 6 amide bonds. The minimum Gasteiger partial charge on any atom is -0.497 e. The first-order valence-corrected chi connectivity index (χ1v) is 24.2. The molecule has 3 aromatic rings. The van der Waals surface area contributed by atoms with Gasteiger partial charge in [-0.25, -0.2) is 9.55 Å². The largest absolute Gasteiger partial charge is 0.497 e. The Morgan fingerprint density at radius 2 is 1.64 bits per heavy atom. The van der Waals surface area contributed by atoms with Gasteiger partial charge < -0.3 is 60.9 Å². The van der Waals surface area contributed by atoms with Gasteiger partial charge in [0.15, 0.2) is 0 Å². The van der Waals surface area contributed by atoms with Crippen molar-refractivity contribution in [3.63, 3.8) is 0 Å². The van der Waals surface area contributed by atoms with E-state index in [9.17, 15) is 48.2 Å². The highest BCUT2D eigenvalue weighted by atomic mass is 32.1. The van der Waals surface area contributed by atoms with Crippen LogP contribution >= 0.6 is 19.2 Å². The molecule has 6 atom stereocenters. The van der Waals surface area contributed by atoms with Gasteiger partial charge in [-0.2, -0.15) is 0 Å². The van der Waals surface area contributed by atoms with Crippen molar-refractivity contribution in [2.75, 3.05) is 26.9 Å². The molecule has 67 heavy (non-hydrogen) atoms. The van der Waals surface area contributed by atoms with Crippen LogP contribution in [0.15, 0.2) is 54.1 Å². The Kier molecular flexibility index (Phi) is 20.9. The molecule has 1 aliphatic heterocycles. The number of phosphoric acid groups is 1. The Labute approximate surface area is 392 Å². The monoisotopic (exact) mass is 975 g/mol. The molecule has 1 aromatic carbocycles. The maximum Gasteiger partial charge on any atom is 0.469 e. The Morgan fingerprint density at radius 3 is 2.28 bits per heavy atom. The van der Waals surface area contributed by atoms with Gasteiger partial charge in [-0.15, -0.1) is 11.3 Å². The Morgan fingerprint density at radius 1 is 0.955 bits per heavy atom. The maximum atomic E-state index is 14.1. The fraction of sp³-hybridized carbons (Fsp3) is 0.535. The first-order chi connectivity index (χ1) is 31.8. The van der Waals surface area contributed by atoms with Crippen molar-refractivity contribution >= 4 is 60.8 Å². The van der Waals surface area contributed by atoms with Gasteiger partial charge in [0.1, 0.15) is 42.6 Å². The molecule has 22 nitrogen and oxygen atoms in total. The predicted molar refractivity (Wildman–Crippen MR) is 246 cm³/mol. The summed E-state index contributed by atoms with van der Waals surface area (Å²) in [4.78, 5) is 111. The third-order valence-corrected chi connectivity index (χ3v) is 12.4. The number of imidazole rings is 1. The van der Waals surface area contributed by atoms with Crippen LogP contribution in [-0.2, 0) is 55.7 Å². The summed E-state index contributed by atoms with van der Waals surface area (Å²) in [7, 11) is -3.51. The Bertz CT molecular complexity index is 2210. The number of hydrogen-bond acceptors (Lipinski definition) is 14. The molecule has 0 spiro atoms. The van der Waals surface area contributed by atoms with Crippen molar-refractivity contribution in [2.45, 2.75) is 115 Å². The van der Waals surface area contributed by atoms with Crippen molar-refractivity contribution in [3.05, 3.63) is 59.5 Å². The Hall–Kier alpha value is -5.71. The van der Waals surface area contributed by atoms with Crippen LogP contribution in [0.1, 0.15) is 76.8 Å². The quantitative estimate of drug-likeness (QED) is 0.0232. The molecule has 368 valence electrons. The first-order valence-electron chi connectivity index (χ1n) is 21.8. The average Bonchev–Trinajstić information content (AvgIpc) is 4.06. The van der Waals surface area contributed by atoms with E-state index < -0.39 is 80.3 Å². The maximum absolute atomic E-state index is 14.1. The number of aliphatic hydroxyl groups is 1.